The number of anilines is 3. The molecule has 3 N–H and O–H groups in total. The summed E-state index contributed by atoms with van der Waals surface area (Å²) in [6.45, 7) is 1.08. The number of aromatic nitrogens is 3. The van der Waals surface area contributed by atoms with E-state index < -0.39 is 23.5 Å². The van der Waals surface area contributed by atoms with Gasteiger partial charge in [-0.25, -0.2) is 9.97 Å². The maximum absolute atomic E-state index is 13.2. The van der Waals surface area contributed by atoms with Crippen LogP contribution in [-0.2, 0) is 12.4 Å². The Labute approximate surface area is 166 Å². The number of pyridine rings is 1. The van der Waals surface area contributed by atoms with E-state index >= 15 is 0 Å². The number of hydrogen-bond acceptors (Lipinski definition) is 5. The smallest absolute Gasteiger partial charge is 0.397 e. The third-order valence-electron chi connectivity index (χ3n) is 4.90. The maximum atomic E-state index is 13.2. The average Bonchev–Trinajstić information content (AvgIpc) is 3.12. The topological polar surface area (TPSA) is 74.1 Å². The summed E-state index contributed by atoms with van der Waals surface area (Å²) < 4.78 is 78.7. The van der Waals surface area contributed by atoms with E-state index in [2.05, 4.69) is 15.0 Å². The molecule has 0 spiro atoms. The van der Waals surface area contributed by atoms with Crippen molar-refractivity contribution in [3.8, 4) is 0 Å². The molecule has 0 saturated carbocycles. The normalized spacial score (nSPS) is 15.8. The minimum absolute atomic E-state index is 0.107. The van der Waals surface area contributed by atoms with Gasteiger partial charge in [-0.2, -0.15) is 26.3 Å². The van der Waals surface area contributed by atoms with Crippen molar-refractivity contribution < 1.29 is 26.3 Å². The molecule has 1 aromatic carbocycles. The average molecular weight is 430 g/mol. The fraction of sp³-hybridized carbons (Fsp3) is 0.333. The van der Waals surface area contributed by atoms with Crippen LogP contribution in [0.25, 0.3) is 11.0 Å². The highest BCUT2D eigenvalue weighted by Gasteiger charge is 2.36. The third-order valence-corrected chi connectivity index (χ3v) is 4.90. The van der Waals surface area contributed by atoms with E-state index in [1.165, 1.54) is 17.2 Å². The Morgan fingerprint density at radius 2 is 1.60 bits per heavy atom. The highest BCUT2D eigenvalue weighted by molar-refractivity contribution is 5.89. The lowest BCUT2D eigenvalue weighted by atomic mass is 10.1. The molecular formula is C18H16F6N6. The number of imidazole rings is 1. The van der Waals surface area contributed by atoms with Gasteiger partial charge in [0.15, 0.2) is 0 Å². The largest absolute Gasteiger partial charge is 0.419 e. The molecule has 1 saturated heterocycles. The molecule has 30 heavy (non-hydrogen) atoms. The molecule has 0 bridgehead atoms. The van der Waals surface area contributed by atoms with Gasteiger partial charge >= 0.3 is 12.4 Å². The molecule has 160 valence electrons. The van der Waals surface area contributed by atoms with Gasteiger partial charge in [-0.1, -0.05) is 0 Å². The standard InChI is InChI=1S/C18H16F6N6/c19-17(20,21)10-8-12(25)14-13(9-10)27-16(28-14)30-6-4-29(5-7-30)15-11(18(22,23)24)2-1-3-26-15/h1-3,8-9H,4-7,25H2,(H,27,28). The number of alkyl halides is 6. The molecule has 1 aliphatic rings. The summed E-state index contributed by atoms with van der Waals surface area (Å²) in [6, 6.07) is 3.97. The van der Waals surface area contributed by atoms with Gasteiger partial charge in [0.1, 0.15) is 11.3 Å². The monoisotopic (exact) mass is 430 g/mol. The van der Waals surface area contributed by atoms with Crippen molar-refractivity contribution in [2.75, 3.05) is 41.7 Å². The summed E-state index contributed by atoms with van der Waals surface area (Å²) in [5, 5.41) is 0. The van der Waals surface area contributed by atoms with Crippen LogP contribution < -0.4 is 15.5 Å². The number of fused-ring (bicyclic) bond motifs is 1. The SMILES string of the molecule is Nc1cc(C(F)(F)F)cc2[nH]c(N3CCN(c4ncccc4C(F)(F)F)CC3)nc12. The maximum Gasteiger partial charge on any atom is 0.419 e. The summed E-state index contributed by atoms with van der Waals surface area (Å²) in [6.07, 6.45) is -7.76. The molecule has 3 aromatic rings. The van der Waals surface area contributed by atoms with E-state index in [1.54, 1.807) is 4.90 Å². The van der Waals surface area contributed by atoms with Crippen molar-refractivity contribution in [1.82, 2.24) is 15.0 Å². The van der Waals surface area contributed by atoms with Crippen LogP contribution in [0.1, 0.15) is 11.1 Å². The van der Waals surface area contributed by atoms with Crippen molar-refractivity contribution >= 4 is 28.5 Å². The molecule has 0 atom stereocenters. The summed E-state index contributed by atoms with van der Waals surface area (Å²) in [4.78, 5) is 14.3. The molecule has 12 heteroatoms. The number of piperazine rings is 1. The van der Waals surface area contributed by atoms with Crippen molar-refractivity contribution in [3.05, 3.63) is 41.6 Å². The second-order valence-electron chi connectivity index (χ2n) is 6.87. The fourth-order valence-corrected chi connectivity index (χ4v) is 3.45. The first-order valence-corrected chi connectivity index (χ1v) is 8.92. The van der Waals surface area contributed by atoms with Crippen LogP contribution in [-0.4, -0.2) is 41.1 Å². The van der Waals surface area contributed by atoms with Crippen LogP contribution in [0.2, 0.25) is 0 Å². The molecule has 0 unspecified atom stereocenters. The van der Waals surface area contributed by atoms with E-state index in [4.69, 9.17) is 5.73 Å². The first-order chi connectivity index (χ1) is 14.0. The van der Waals surface area contributed by atoms with Crippen LogP contribution in [0, 0.1) is 0 Å². The van der Waals surface area contributed by atoms with Gasteiger partial charge in [0.25, 0.3) is 0 Å². The Hall–Kier alpha value is -3.18. The Kier molecular flexibility index (Phi) is 4.66. The molecule has 2 aromatic heterocycles. The number of nitrogens with one attached hydrogen (secondary N) is 1. The minimum Gasteiger partial charge on any atom is -0.397 e. The van der Waals surface area contributed by atoms with Gasteiger partial charge in [-0.15, -0.1) is 0 Å². The molecule has 6 nitrogen and oxygen atoms in total. The number of rotatable bonds is 2. The highest BCUT2D eigenvalue weighted by Crippen LogP contribution is 2.36. The number of nitrogens with two attached hydrogens (primary N) is 1. The lowest BCUT2D eigenvalue weighted by Crippen LogP contribution is -2.47. The van der Waals surface area contributed by atoms with Gasteiger partial charge in [0, 0.05) is 32.4 Å². The molecule has 0 aliphatic carbocycles. The highest BCUT2D eigenvalue weighted by atomic mass is 19.4. The molecule has 0 radical (unpaired) electrons. The van der Waals surface area contributed by atoms with Gasteiger partial charge < -0.3 is 20.5 Å². The van der Waals surface area contributed by atoms with Crippen LogP contribution in [0.15, 0.2) is 30.5 Å². The zero-order valence-electron chi connectivity index (χ0n) is 15.3. The fourth-order valence-electron chi connectivity index (χ4n) is 3.45. The predicted octanol–water partition coefficient (Wildman–Crippen LogP) is 3.90. The molecule has 3 heterocycles. The van der Waals surface area contributed by atoms with E-state index in [0.717, 1.165) is 18.2 Å². The van der Waals surface area contributed by atoms with Crippen LogP contribution in [0.5, 0.6) is 0 Å². The summed E-state index contributed by atoms with van der Waals surface area (Å²) >= 11 is 0. The van der Waals surface area contributed by atoms with E-state index in [9.17, 15) is 26.3 Å². The molecule has 1 fully saturated rings. The van der Waals surface area contributed by atoms with Crippen molar-refractivity contribution in [1.29, 1.82) is 0 Å². The first-order valence-electron chi connectivity index (χ1n) is 8.92. The zero-order chi connectivity index (χ0) is 21.7. The Morgan fingerprint density at radius 3 is 2.23 bits per heavy atom. The molecule has 1 aliphatic heterocycles. The Balaban J connectivity index is 1.55. The zero-order valence-corrected chi connectivity index (χ0v) is 15.3. The molecule has 0 amide bonds. The lowest BCUT2D eigenvalue weighted by Gasteiger charge is -2.36. The van der Waals surface area contributed by atoms with Crippen molar-refractivity contribution in [2.24, 2.45) is 0 Å². The van der Waals surface area contributed by atoms with Gasteiger partial charge in [0.2, 0.25) is 5.95 Å². The second kappa shape index (κ2) is 6.96. The number of nitrogens with zero attached hydrogens (tertiary/aromatic N) is 4. The van der Waals surface area contributed by atoms with Crippen molar-refractivity contribution in [3.63, 3.8) is 0 Å². The number of nitrogen functional groups attached to an aromatic ring is 1. The minimum atomic E-state index is -4.54. The number of benzene rings is 1. The Morgan fingerprint density at radius 1 is 0.933 bits per heavy atom. The van der Waals surface area contributed by atoms with Crippen LogP contribution in [0.4, 0.5) is 43.8 Å². The lowest BCUT2D eigenvalue weighted by molar-refractivity contribution is -0.138. The van der Waals surface area contributed by atoms with E-state index in [0.29, 0.717) is 19.0 Å². The molecular weight excluding hydrogens is 414 g/mol. The van der Waals surface area contributed by atoms with E-state index in [-0.39, 0.29) is 35.6 Å². The number of halogens is 6. The third kappa shape index (κ3) is 3.68. The van der Waals surface area contributed by atoms with Crippen LogP contribution >= 0.6 is 0 Å². The second-order valence-corrected chi connectivity index (χ2v) is 6.87. The quantitative estimate of drug-likeness (QED) is 0.477. The first kappa shape index (κ1) is 20.1. The van der Waals surface area contributed by atoms with Crippen LogP contribution in [0.3, 0.4) is 0 Å². The summed E-state index contributed by atoms with van der Waals surface area (Å²) in [5.74, 6) is 0.168. The number of aromatic amines is 1. The summed E-state index contributed by atoms with van der Waals surface area (Å²) in [5.41, 5.74) is 4.28. The summed E-state index contributed by atoms with van der Waals surface area (Å²) in [7, 11) is 0. The number of H-pyrrole nitrogens is 1. The predicted molar refractivity (Wildman–Crippen MR) is 99.2 cm³/mol. The van der Waals surface area contributed by atoms with Gasteiger partial charge in [-0.05, 0) is 24.3 Å². The molecule has 4 rings (SSSR count). The van der Waals surface area contributed by atoms with Gasteiger partial charge in [0.05, 0.1) is 22.3 Å². The number of hydrogen-bond donors (Lipinski definition) is 2. The van der Waals surface area contributed by atoms with Gasteiger partial charge in [-0.3, -0.25) is 0 Å². The Bertz CT molecular complexity index is 1070. The van der Waals surface area contributed by atoms with Crippen molar-refractivity contribution in [2.45, 2.75) is 12.4 Å². The van der Waals surface area contributed by atoms with E-state index in [1.807, 2.05) is 0 Å².